The van der Waals surface area contributed by atoms with E-state index in [1.807, 2.05) is 0 Å². The van der Waals surface area contributed by atoms with Crippen molar-refractivity contribution >= 4 is 5.78 Å². The van der Waals surface area contributed by atoms with Crippen LogP contribution in [0.25, 0.3) is 0 Å². The minimum Gasteiger partial charge on any atom is -0.393 e. The minimum atomic E-state index is -0.270. The van der Waals surface area contributed by atoms with Gasteiger partial charge in [0.25, 0.3) is 0 Å². The van der Waals surface area contributed by atoms with Gasteiger partial charge in [0.15, 0.2) is 0 Å². The number of hydrogen-bond acceptors (Lipinski definition) is 4. The summed E-state index contributed by atoms with van der Waals surface area (Å²) < 4.78 is 6.81. The number of ketones is 1. The molecule has 0 radical (unpaired) electrons. The number of aliphatic hydroxyl groups is 1. The molecule has 0 spiro atoms. The van der Waals surface area contributed by atoms with E-state index in [2.05, 4.69) is 26.1 Å². The van der Waals surface area contributed by atoms with Crippen molar-refractivity contribution in [3.63, 3.8) is 0 Å². The number of Topliss-reactive ketones (excluding diaryl/α,β-unsaturated/α-hetero) is 1. The Bertz CT molecular complexity index is 732. The number of aliphatic hydroxyl groups excluding tert-OH is 1. The fourth-order valence-corrected chi connectivity index (χ4v) is 9.94. The maximum absolute atomic E-state index is 13.2. The first-order valence-electron chi connectivity index (χ1n) is 13.4. The first kappa shape index (κ1) is 21.1. The van der Waals surface area contributed by atoms with Gasteiger partial charge in [-0.2, -0.15) is 0 Å². The second kappa shape index (κ2) is 7.27. The number of hydrogen-bond donors (Lipinski definition) is 2. The summed E-state index contributed by atoms with van der Waals surface area (Å²) in [6.45, 7) is 9.30. The van der Waals surface area contributed by atoms with Crippen molar-refractivity contribution in [2.45, 2.75) is 96.3 Å². The van der Waals surface area contributed by atoms with Crippen molar-refractivity contribution in [2.75, 3.05) is 13.2 Å². The first-order chi connectivity index (χ1) is 14.8. The van der Waals surface area contributed by atoms with Gasteiger partial charge in [-0.05, 0) is 106 Å². The largest absolute Gasteiger partial charge is 0.393 e. The van der Waals surface area contributed by atoms with E-state index in [0.717, 1.165) is 38.3 Å². The number of carbonyl (C=O) groups is 1. The van der Waals surface area contributed by atoms with Gasteiger partial charge in [-0.1, -0.05) is 13.8 Å². The fourth-order valence-electron chi connectivity index (χ4n) is 9.94. The van der Waals surface area contributed by atoms with E-state index in [4.69, 9.17) is 4.74 Å². The molecule has 0 aromatic heterocycles. The number of fused-ring (bicyclic) bond motifs is 7. The Morgan fingerprint density at radius 3 is 2.58 bits per heavy atom. The van der Waals surface area contributed by atoms with Crippen LogP contribution in [-0.4, -0.2) is 41.8 Å². The van der Waals surface area contributed by atoms with E-state index in [9.17, 15) is 9.90 Å². The van der Waals surface area contributed by atoms with Crippen molar-refractivity contribution in [3.05, 3.63) is 0 Å². The van der Waals surface area contributed by atoms with Crippen molar-refractivity contribution in [2.24, 2.45) is 52.8 Å². The molecule has 2 N–H and O–H groups in total. The molecule has 174 valence electrons. The van der Waals surface area contributed by atoms with Gasteiger partial charge in [-0.25, -0.2) is 0 Å². The van der Waals surface area contributed by atoms with E-state index in [1.54, 1.807) is 0 Å². The molecule has 6 aliphatic rings. The minimum absolute atomic E-state index is 0.00124. The molecule has 2 heterocycles. The van der Waals surface area contributed by atoms with Gasteiger partial charge in [0, 0.05) is 24.3 Å². The molecular weight excluding hydrogens is 386 g/mol. The molecule has 2 saturated heterocycles. The molecule has 0 unspecified atom stereocenters. The second-order valence-corrected chi connectivity index (χ2v) is 13.0. The Morgan fingerprint density at radius 2 is 1.81 bits per heavy atom. The number of ether oxygens (including phenoxy) is 1. The summed E-state index contributed by atoms with van der Waals surface area (Å²) in [4.78, 5) is 13.2. The molecule has 6 fully saturated rings. The zero-order valence-corrected chi connectivity index (χ0v) is 19.8. The molecule has 0 aromatic carbocycles. The van der Waals surface area contributed by atoms with Crippen LogP contribution >= 0.6 is 0 Å². The number of piperidine rings is 1. The third-order valence-corrected chi connectivity index (χ3v) is 11.7. The molecular formula is C27H43NO3. The van der Waals surface area contributed by atoms with E-state index in [-0.39, 0.29) is 23.0 Å². The summed E-state index contributed by atoms with van der Waals surface area (Å²) in [5.41, 5.74) is 0.0975. The predicted molar refractivity (Wildman–Crippen MR) is 120 cm³/mol. The lowest BCUT2D eigenvalue weighted by molar-refractivity contribution is -0.145. The van der Waals surface area contributed by atoms with Crippen LogP contribution < -0.4 is 5.32 Å². The Morgan fingerprint density at radius 1 is 0.968 bits per heavy atom. The van der Waals surface area contributed by atoms with Crippen LogP contribution in [0.1, 0.15) is 78.6 Å². The van der Waals surface area contributed by atoms with E-state index < -0.39 is 0 Å². The van der Waals surface area contributed by atoms with Gasteiger partial charge in [0.05, 0.1) is 18.3 Å². The quantitative estimate of drug-likeness (QED) is 0.656. The molecule has 12 atom stereocenters. The van der Waals surface area contributed by atoms with Crippen LogP contribution in [0.5, 0.6) is 0 Å². The van der Waals surface area contributed by atoms with Gasteiger partial charge in [-0.15, -0.1) is 0 Å². The number of carbonyl (C=O) groups excluding carboxylic acids is 1. The summed E-state index contributed by atoms with van der Waals surface area (Å²) in [6, 6.07) is 0.631. The molecule has 4 nitrogen and oxygen atoms in total. The van der Waals surface area contributed by atoms with Gasteiger partial charge in [-0.3, -0.25) is 4.79 Å². The van der Waals surface area contributed by atoms with Crippen LogP contribution in [0, 0.1) is 52.8 Å². The Kier molecular flexibility index (Phi) is 4.95. The summed E-state index contributed by atoms with van der Waals surface area (Å²) in [6.07, 6.45) is 9.59. The topological polar surface area (TPSA) is 58.6 Å². The number of nitrogens with one attached hydrogen (secondary N) is 1. The van der Waals surface area contributed by atoms with Gasteiger partial charge in [0.2, 0.25) is 0 Å². The lowest BCUT2D eigenvalue weighted by Gasteiger charge is -2.52. The highest BCUT2D eigenvalue weighted by molar-refractivity contribution is 5.83. The maximum atomic E-state index is 13.2. The molecule has 2 aliphatic heterocycles. The van der Waals surface area contributed by atoms with Crippen LogP contribution in [0.2, 0.25) is 0 Å². The number of rotatable bonds is 1. The van der Waals surface area contributed by atoms with Crippen molar-refractivity contribution in [1.82, 2.24) is 5.32 Å². The van der Waals surface area contributed by atoms with Crippen LogP contribution in [0.3, 0.4) is 0 Å². The maximum Gasteiger partial charge on any atom is 0.136 e. The van der Waals surface area contributed by atoms with Gasteiger partial charge >= 0.3 is 0 Å². The van der Waals surface area contributed by atoms with Crippen LogP contribution in [0.15, 0.2) is 0 Å². The van der Waals surface area contributed by atoms with Crippen LogP contribution in [0.4, 0.5) is 0 Å². The Labute approximate surface area is 188 Å². The first-order valence-corrected chi connectivity index (χ1v) is 13.4. The Hall–Kier alpha value is -0.450. The molecule has 4 heteroatoms. The highest BCUT2D eigenvalue weighted by Gasteiger charge is 2.66. The summed E-state index contributed by atoms with van der Waals surface area (Å²) in [5, 5.41) is 14.2. The molecule has 4 aliphatic carbocycles. The summed E-state index contributed by atoms with van der Waals surface area (Å²) in [5.74, 6) is 5.17. The third kappa shape index (κ3) is 2.99. The highest BCUT2D eigenvalue weighted by atomic mass is 16.5. The molecule has 6 rings (SSSR count). The molecule has 0 aromatic rings. The monoisotopic (exact) mass is 429 g/mol. The van der Waals surface area contributed by atoms with E-state index in [0.29, 0.717) is 53.8 Å². The standard InChI is InChI=1S/C27H43NO3/c1-15-4-7-24(28-13-15)19-14-31-27(3)20(19)6-5-17-18-11-25(30)23-10-16(29)8-9-26(23,2)21(18)12-22(17)27/h15-24,28-29H,4-14H2,1-3H3/t15-,16-,17-,18-,19-,20+,21-,22+,23+,24+,26+,27+/m0/s1. The second-order valence-electron chi connectivity index (χ2n) is 13.0. The van der Waals surface area contributed by atoms with Crippen LogP contribution in [-0.2, 0) is 9.53 Å². The SMILES string of the molecule is C[C@H]1CC[C@H]([C@H]2CO[C@@]3(C)[C@@H]4C[C@H]5[C@@H](CC(=O)[C@H]6C[C@@H](O)CC[C@@]65C)[C@@H]4CC[C@H]23)NC1. The van der Waals surface area contributed by atoms with Gasteiger partial charge in [0.1, 0.15) is 5.78 Å². The smallest absolute Gasteiger partial charge is 0.136 e. The highest BCUT2D eigenvalue weighted by Crippen LogP contribution is 2.67. The fraction of sp³-hybridized carbons (Fsp3) is 0.963. The normalized spacial score (nSPS) is 58.9. The van der Waals surface area contributed by atoms with E-state index in [1.165, 1.54) is 32.1 Å². The van der Waals surface area contributed by atoms with Crippen molar-refractivity contribution in [1.29, 1.82) is 0 Å². The zero-order chi connectivity index (χ0) is 21.5. The zero-order valence-electron chi connectivity index (χ0n) is 19.8. The lowest BCUT2D eigenvalue weighted by atomic mass is 9.51. The third-order valence-electron chi connectivity index (χ3n) is 11.7. The van der Waals surface area contributed by atoms with Gasteiger partial charge < -0.3 is 15.2 Å². The summed E-state index contributed by atoms with van der Waals surface area (Å²) >= 11 is 0. The average Bonchev–Trinajstić information content (AvgIpc) is 3.29. The van der Waals surface area contributed by atoms with Crippen molar-refractivity contribution in [3.8, 4) is 0 Å². The summed E-state index contributed by atoms with van der Waals surface area (Å²) in [7, 11) is 0. The van der Waals surface area contributed by atoms with E-state index >= 15 is 0 Å². The molecule has 4 saturated carbocycles. The molecule has 31 heavy (non-hydrogen) atoms. The molecule has 0 bridgehead atoms. The Balaban J connectivity index is 1.26. The molecule has 0 amide bonds. The van der Waals surface area contributed by atoms with Crippen molar-refractivity contribution < 1.29 is 14.6 Å². The lowest BCUT2D eigenvalue weighted by Crippen LogP contribution is -2.52. The average molecular weight is 430 g/mol. The predicted octanol–water partition coefficient (Wildman–Crippen LogP) is 4.20.